The van der Waals surface area contributed by atoms with Crippen molar-refractivity contribution in [3.8, 4) is 0 Å². The molecule has 1 heterocycles. The van der Waals surface area contributed by atoms with Gasteiger partial charge in [0.1, 0.15) is 0 Å². The van der Waals surface area contributed by atoms with Gasteiger partial charge >= 0.3 is 0 Å². The number of nitrogens with one attached hydrogen (secondary N) is 1. The fourth-order valence-corrected chi connectivity index (χ4v) is 3.16. The van der Waals surface area contributed by atoms with Crippen LogP contribution in [-0.4, -0.2) is 29.1 Å². The second-order valence-corrected chi connectivity index (χ2v) is 7.00. The summed E-state index contributed by atoms with van der Waals surface area (Å²) in [7, 11) is 0. The van der Waals surface area contributed by atoms with Crippen LogP contribution >= 0.6 is 0 Å². The number of rotatable bonds is 6. The molecule has 1 fully saturated rings. The van der Waals surface area contributed by atoms with Gasteiger partial charge in [0.05, 0.1) is 12.2 Å². The first-order valence-corrected chi connectivity index (χ1v) is 7.87. The molecular formula is C16H32N2O. The van der Waals surface area contributed by atoms with Gasteiger partial charge in [-0.15, -0.1) is 0 Å². The minimum Gasteiger partial charge on any atom is -0.323 e. The van der Waals surface area contributed by atoms with Crippen molar-refractivity contribution in [1.29, 1.82) is 0 Å². The summed E-state index contributed by atoms with van der Waals surface area (Å²) in [4.78, 5) is 14.9. The highest BCUT2D eigenvalue weighted by atomic mass is 16.2. The zero-order valence-corrected chi connectivity index (χ0v) is 13.7. The molecule has 1 saturated heterocycles. The molecule has 1 aliphatic rings. The Hall–Kier alpha value is -0.570. The van der Waals surface area contributed by atoms with Crippen molar-refractivity contribution in [3.05, 3.63) is 0 Å². The van der Waals surface area contributed by atoms with Crippen LogP contribution in [0.4, 0.5) is 0 Å². The van der Waals surface area contributed by atoms with Crippen LogP contribution in [0, 0.1) is 17.8 Å². The Morgan fingerprint density at radius 1 is 1.16 bits per heavy atom. The van der Waals surface area contributed by atoms with E-state index in [1.165, 1.54) is 0 Å². The van der Waals surface area contributed by atoms with E-state index in [1.54, 1.807) is 0 Å². The summed E-state index contributed by atoms with van der Waals surface area (Å²) in [6.45, 7) is 15.3. The lowest BCUT2D eigenvalue weighted by Gasteiger charge is -2.35. The van der Waals surface area contributed by atoms with Crippen LogP contribution in [0.15, 0.2) is 0 Å². The molecule has 3 nitrogen and oxygen atoms in total. The molecule has 3 atom stereocenters. The minimum atomic E-state index is -0.00319. The maximum absolute atomic E-state index is 12.7. The third kappa shape index (κ3) is 3.71. The van der Waals surface area contributed by atoms with E-state index in [4.69, 9.17) is 0 Å². The molecule has 19 heavy (non-hydrogen) atoms. The maximum Gasteiger partial charge on any atom is 0.241 e. The summed E-state index contributed by atoms with van der Waals surface area (Å²) in [6, 6.07) is 0.351. The molecule has 0 aliphatic carbocycles. The molecule has 3 unspecified atom stereocenters. The highest BCUT2D eigenvalue weighted by Gasteiger charge is 2.43. The molecule has 0 aromatic carbocycles. The molecule has 112 valence electrons. The summed E-state index contributed by atoms with van der Waals surface area (Å²) in [6.07, 6.45) is 2.29. The van der Waals surface area contributed by atoms with Crippen LogP contribution in [0.3, 0.4) is 0 Å². The number of amides is 1. The smallest absolute Gasteiger partial charge is 0.241 e. The Balaban J connectivity index is 2.96. The molecule has 1 amide bonds. The molecular weight excluding hydrogens is 236 g/mol. The third-order valence-electron chi connectivity index (χ3n) is 4.13. The van der Waals surface area contributed by atoms with E-state index >= 15 is 0 Å². The number of hydrogen-bond donors (Lipinski definition) is 1. The lowest BCUT2D eigenvalue weighted by molar-refractivity contribution is -0.134. The van der Waals surface area contributed by atoms with Crippen LogP contribution in [0.1, 0.15) is 61.3 Å². The summed E-state index contributed by atoms with van der Waals surface area (Å²) in [5.74, 6) is 1.78. The predicted molar refractivity (Wildman–Crippen MR) is 80.8 cm³/mol. The molecule has 1 aliphatic heterocycles. The Labute approximate surface area is 119 Å². The van der Waals surface area contributed by atoms with E-state index in [0.717, 1.165) is 12.8 Å². The van der Waals surface area contributed by atoms with Crippen molar-refractivity contribution in [1.82, 2.24) is 10.2 Å². The van der Waals surface area contributed by atoms with Gasteiger partial charge in [0.25, 0.3) is 0 Å². The van der Waals surface area contributed by atoms with Crippen molar-refractivity contribution < 1.29 is 4.79 Å². The quantitative estimate of drug-likeness (QED) is 0.802. The topological polar surface area (TPSA) is 32.3 Å². The van der Waals surface area contributed by atoms with Crippen LogP contribution in [0.5, 0.6) is 0 Å². The second kappa shape index (κ2) is 6.74. The normalized spacial score (nSPS) is 26.0. The second-order valence-electron chi connectivity index (χ2n) is 7.00. The first-order chi connectivity index (χ1) is 8.79. The third-order valence-corrected chi connectivity index (χ3v) is 4.13. The van der Waals surface area contributed by atoms with Crippen LogP contribution in [-0.2, 0) is 4.79 Å². The van der Waals surface area contributed by atoms with Crippen molar-refractivity contribution in [3.63, 3.8) is 0 Å². The standard InChI is InChI=1S/C16H32N2O/c1-8-13(11(4)5)18-14(9-10(2)3)17-15(12(6)7)16(18)19/h10-15,17H,8-9H2,1-7H3. The zero-order chi connectivity index (χ0) is 14.7. The molecule has 0 bridgehead atoms. The summed E-state index contributed by atoms with van der Waals surface area (Å²) >= 11 is 0. The van der Waals surface area contributed by atoms with E-state index in [1.807, 2.05) is 0 Å². The lowest BCUT2D eigenvalue weighted by Crippen LogP contribution is -2.47. The number of nitrogens with zero attached hydrogens (tertiary/aromatic N) is 1. The molecule has 3 heteroatoms. The summed E-state index contributed by atoms with van der Waals surface area (Å²) < 4.78 is 0. The number of carbonyl (C=O) groups excluding carboxylic acids is 1. The van der Waals surface area contributed by atoms with Gasteiger partial charge in [0, 0.05) is 6.04 Å². The van der Waals surface area contributed by atoms with Crippen molar-refractivity contribution in [2.45, 2.75) is 79.6 Å². The van der Waals surface area contributed by atoms with E-state index < -0.39 is 0 Å². The highest BCUT2D eigenvalue weighted by molar-refractivity contribution is 5.85. The largest absolute Gasteiger partial charge is 0.323 e. The van der Waals surface area contributed by atoms with E-state index in [-0.39, 0.29) is 12.2 Å². The Morgan fingerprint density at radius 2 is 1.74 bits per heavy atom. The molecule has 0 aromatic rings. The summed E-state index contributed by atoms with van der Waals surface area (Å²) in [5, 5.41) is 3.57. The fourth-order valence-electron chi connectivity index (χ4n) is 3.16. The van der Waals surface area contributed by atoms with E-state index in [2.05, 4.69) is 58.7 Å². The van der Waals surface area contributed by atoms with Gasteiger partial charge in [-0.25, -0.2) is 0 Å². The molecule has 0 aromatic heterocycles. The first-order valence-electron chi connectivity index (χ1n) is 7.87. The van der Waals surface area contributed by atoms with Gasteiger partial charge in [-0.3, -0.25) is 10.1 Å². The SMILES string of the molecule is CCC(C(C)C)N1C(=O)C(C(C)C)NC1CC(C)C. The lowest BCUT2D eigenvalue weighted by atomic mass is 9.97. The van der Waals surface area contributed by atoms with Gasteiger partial charge in [-0.2, -0.15) is 0 Å². The van der Waals surface area contributed by atoms with E-state index in [0.29, 0.717) is 29.7 Å². The van der Waals surface area contributed by atoms with Gasteiger partial charge < -0.3 is 4.90 Å². The monoisotopic (exact) mass is 268 g/mol. The van der Waals surface area contributed by atoms with Gasteiger partial charge in [0.15, 0.2) is 0 Å². The van der Waals surface area contributed by atoms with Crippen LogP contribution in [0.25, 0.3) is 0 Å². The van der Waals surface area contributed by atoms with Crippen molar-refractivity contribution in [2.75, 3.05) is 0 Å². The average molecular weight is 268 g/mol. The maximum atomic E-state index is 12.7. The predicted octanol–water partition coefficient (Wildman–Crippen LogP) is 3.25. The Kier molecular flexibility index (Phi) is 5.84. The van der Waals surface area contributed by atoms with Crippen molar-refractivity contribution >= 4 is 5.91 Å². The van der Waals surface area contributed by atoms with Crippen molar-refractivity contribution in [2.24, 2.45) is 17.8 Å². The summed E-state index contributed by atoms with van der Waals surface area (Å²) in [5.41, 5.74) is 0. The Morgan fingerprint density at radius 3 is 2.11 bits per heavy atom. The first kappa shape index (κ1) is 16.5. The molecule has 0 spiro atoms. The number of hydrogen-bond acceptors (Lipinski definition) is 2. The van der Waals surface area contributed by atoms with E-state index in [9.17, 15) is 4.79 Å². The Bertz CT molecular complexity index is 299. The molecule has 0 radical (unpaired) electrons. The van der Waals surface area contributed by atoms with Gasteiger partial charge in [-0.1, -0.05) is 48.5 Å². The van der Waals surface area contributed by atoms with Crippen LogP contribution in [0.2, 0.25) is 0 Å². The minimum absolute atomic E-state index is 0.00319. The van der Waals surface area contributed by atoms with Gasteiger partial charge in [-0.05, 0) is 30.6 Å². The fraction of sp³-hybridized carbons (Fsp3) is 0.938. The molecule has 0 saturated carbocycles. The number of carbonyl (C=O) groups is 1. The molecule has 1 N–H and O–H groups in total. The highest BCUT2D eigenvalue weighted by Crippen LogP contribution is 2.27. The van der Waals surface area contributed by atoms with Crippen LogP contribution < -0.4 is 5.32 Å². The average Bonchev–Trinajstić information content (AvgIpc) is 2.57. The van der Waals surface area contributed by atoms with Gasteiger partial charge in [0.2, 0.25) is 5.91 Å². The molecule has 1 rings (SSSR count). The zero-order valence-electron chi connectivity index (χ0n) is 13.7.